The molecular weight excluding hydrogens is 304 g/mol. The zero-order valence-corrected chi connectivity index (χ0v) is 11.2. The average molecular weight is 318 g/mol. The van der Waals surface area contributed by atoms with Gasteiger partial charge in [-0.05, 0) is 12.8 Å². The third-order valence-electron chi connectivity index (χ3n) is 4.19. The number of hydrogen-bond acceptors (Lipinski definition) is 5. The molecule has 0 radical (unpaired) electrons. The van der Waals surface area contributed by atoms with Crippen molar-refractivity contribution in [3.63, 3.8) is 0 Å². The maximum Gasteiger partial charge on any atom is 0.323 e. The lowest BCUT2D eigenvalue weighted by Gasteiger charge is -2.40. The largest absolute Gasteiger partial charge is 0.481 e. The van der Waals surface area contributed by atoms with E-state index in [-0.39, 0.29) is 12.8 Å². The van der Waals surface area contributed by atoms with Crippen LogP contribution in [0.1, 0.15) is 25.7 Å². The lowest BCUT2D eigenvalue weighted by Crippen LogP contribution is -2.65. The van der Waals surface area contributed by atoms with Crippen LogP contribution >= 0.6 is 0 Å². The Morgan fingerprint density at radius 3 is 1.50 bits per heavy atom. The normalized spacial score (nSPS) is 23.0. The van der Waals surface area contributed by atoms with Gasteiger partial charge in [0.2, 0.25) is 5.41 Å². The van der Waals surface area contributed by atoms with Gasteiger partial charge in [0.1, 0.15) is 0 Å². The summed E-state index contributed by atoms with van der Waals surface area (Å²) in [5.41, 5.74) is -6.78. The number of carboxylic acids is 5. The van der Waals surface area contributed by atoms with E-state index in [0.717, 1.165) is 0 Å². The van der Waals surface area contributed by atoms with Gasteiger partial charge in [-0.15, -0.1) is 0 Å². The summed E-state index contributed by atoms with van der Waals surface area (Å²) in [4.78, 5) is 57.8. The third-order valence-corrected chi connectivity index (χ3v) is 4.19. The molecule has 1 saturated carbocycles. The van der Waals surface area contributed by atoms with E-state index in [9.17, 15) is 49.5 Å². The van der Waals surface area contributed by atoms with Crippen molar-refractivity contribution in [3.8, 4) is 0 Å². The molecule has 1 unspecified atom stereocenters. The summed E-state index contributed by atoms with van der Waals surface area (Å²) in [5.74, 6) is -13.0. The molecule has 0 heterocycles. The fourth-order valence-electron chi connectivity index (χ4n) is 3.16. The first kappa shape index (κ1) is 17.4. The van der Waals surface area contributed by atoms with E-state index in [1.165, 1.54) is 0 Å². The highest BCUT2D eigenvalue weighted by atomic mass is 16.4. The fourth-order valence-corrected chi connectivity index (χ4v) is 3.16. The average Bonchev–Trinajstić information content (AvgIpc) is 2.55. The minimum absolute atomic E-state index is 0.00157. The molecule has 0 bridgehead atoms. The summed E-state index contributed by atoms with van der Waals surface area (Å²) in [7, 11) is 0. The molecular formula is C12H14O10. The van der Waals surface area contributed by atoms with E-state index >= 15 is 0 Å². The Morgan fingerprint density at radius 2 is 1.18 bits per heavy atom. The molecule has 122 valence electrons. The second-order valence-electron chi connectivity index (χ2n) is 5.07. The summed E-state index contributed by atoms with van der Waals surface area (Å²) in [6.07, 6.45) is -1.36. The number of carbonyl (C=O) groups is 5. The van der Waals surface area contributed by atoms with Gasteiger partial charge in [-0.3, -0.25) is 24.0 Å². The van der Waals surface area contributed by atoms with Crippen molar-refractivity contribution in [2.24, 2.45) is 16.7 Å². The number of aliphatic carboxylic acids is 5. The molecule has 5 N–H and O–H groups in total. The third kappa shape index (κ3) is 1.98. The SMILES string of the molecule is O=C(O)C1CCCCC(C(=O)O)(C(=O)O)C1(C(=O)O)C(=O)O. The summed E-state index contributed by atoms with van der Waals surface area (Å²) in [6.45, 7) is 0. The Hall–Kier alpha value is -2.65. The van der Waals surface area contributed by atoms with Crippen molar-refractivity contribution in [1.82, 2.24) is 0 Å². The van der Waals surface area contributed by atoms with Crippen LogP contribution in [0.5, 0.6) is 0 Å². The van der Waals surface area contributed by atoms with Crippen molar-refractivity contribution in [2.45, 2.75) is 25.7 Å². The standard InChI is InChI=1S/C12H14O10/c13-6(14)5-3-1-2-4-11(7(15)16,8(17)18)12(5,9(19)20)10(21)22/h5H,1-4H2,(H,13,14)(H,15,16)(H,17,18)(H,19,20)(H,21,22). The Labute approximate surface area is 123 Å². The lowest BCUT2D eigenvalue weighted by atomic mass is 9.55. The quantitative estimate of drug-likeness (QED) is 0.329. The predicted octanol–water partition coefficient (Wildman–Crippen LogP) is -0.428. The van der Waals surface area contributed by atoms with E-state index in [1.54, 1.807) is 0 Å². The monoisotopic (exact) mass is 318 g/mol. The minimum atomic E-state index is -3.51. The highest BCUT2D eigenvalue weighted by molar-refractivity contribution is 6.15. The number of carboxylic acid groups (broad SMARTS) is 5. The lowest BCUT2D eigenvalue weighted by molar-refractivity contribution is -0.203. The molecule has 1 fully saturated rings. The van der Waals surface area contributed by atoms with Gasteiger partial charge in [0.05, 0.1) is 5.92 Å². The van der Waals surface area contributed by atoms with Crippen LogP contribution in [0.15, 0.2) is 0 Å². The molecule has 1 aliphatic rings. The topological polar surface area (TPSA) is 186 Å². The van der Waals surface area contributed by atoms with Gasteiger partial charge < -0.3 is 25.5 Å². The van der Waals surface area contributed by atoms with E-state index in [0.29, 0.717) is 0 Å². The van der Waals surface area contributed by atoms with Crippen LogP contribution in [-0.2, 0) is 24.0 Å². The molecule has 10 heteroatoms. The first-order chi connectivity index (χ1) is 10.1. The van der Waals surface area contributed by atoms with Crippen LogP contribution in [0.4, 0.5) is 0 Å². The Morgan fingerprint density at radius 1 is 0.727 bits per heavy atom. The van der Waals surface area contributed by atoms with Crippen LogP contribution in [0, 0.1) is 16.7 Å². The van der Waals surface area contributed by atoms with Crippen LogP contribution < -0.4 is 0 Å². The van der Waals surface area contributed by atoms with Crippen molar-refractivity contribution >= 4 is 29.8 Å². The van der Waals surface area contributed by atoms with E-state index < -0.39 is 59.4 Å². The smallest absolute Gasteiger partial charge is 0.323 e. The van der Waals surface area contributed by atoms with Crippen molar-refractivity contribution in [2.75, 3.05) is 0 Å². The molecule has 1 rings (SSSR count). The van der Waals surface area contributed by atoms with Crippen LogP contribution in [0.3, 0.4) is 0 Å². The Kier molecular flexibility index (Phi) is 4.45. The van der Waals surface area contributed by atoms with Crippen molar-refractivity contribution < 1.29 is 49.5 Å². The van der Waals surface area contributed by atoms with Gasteiger partial charge in [0, 0.05) is 0 Å². The van der Waals surface area contributed by atoms with E-state index in [1.807, 2.05) is 0 Å². The van der Waals surface area contributed by atoms with Gasteiger partial charge in [0.15, 0.2) is 5.41 Å². The maximum absolute atomic E-state index is 11.6. The molecule has 22 heavy (non-hydrogen) atoms. The molecule has 0 spiro atoms. The van der Waals surface area contributed by atoms with Gasteiger partial charge in [0.25, 0.3) is 0 Å². The van der Waals surface area contributed by atoms with Gasteiger partial charge in [-0.25, -0.2) is 0 Å². The maximum atomic E-state index is 11.6. The van der Waals surface area contributed by atoms with E-state index in [2.05, 4.69) is 0 Å². The first-order valence-electron chi connectivity index (χ1n) is 6.23. The second-order valence-corrected chi connectivity index (χ2v) is 5.07. The highest BCUT2D eigenvalue weighted by Crippen LogP contribution is 2.53. The predicted molar refractivity (Wildman–Crippen MR) is 65.0 cm³/mol. The fraction of sp³-hybridized carbons (Fsp3) is 0.583. The number of rotatable bonds is 5. The minimum Gasteiger partial charge on any atom is -0.481 e. The Bertz CT molecular complexity index is 520. The van der Waals surface area contributed by atoms with Crippen LogP contribution in [0.25, 0.3) is 0 Å². The zero-order valence-electron chi connectivity index (χ0n) is 11.2. The second kappa shape index (κ2) is 5.62. The van der Waals surface area contributed by atoms with Crippen LogP contribution in [-0.4, -0.2) is 55.4 Å². The molecule has 1 atom stereocenters. The molecule has 0 aromatic rings. The zero-order chi connectivity index (χ0) is 17.3. The number of hydrogen-bond donors (Lipinski definition) is 5. The Balaban J connectivity index is 3.94. The van der Waals surface area contributed by atoms with Crippen molar-refractivity contribution in [1.29, 1.82) is 0 Å². The summed E-state index contributed by atoms with van der Waals surface area (Å²) in [5, 5.41) is 46.5. The highest BCUT2D eigenvalue weighted by Gasteiger charge is 2.76. The molecule has 1 aliphatic carbocycles. The van der Waals surface area contributed by atoms with Gasteiger partial charge >= 0.3 is 29.8 Å². The molecule has 0 saturated heterocycles. The summed E-state index contributed by atoms with van der Waals surface area (Å²) < 4.78 is 0. The summed E-state index contributed by atoms with van der Waals surface area (Å²) >= 11 is 0. The molecule has 0 aromatic carbocycles. The first-order valence-corrected chi connectivity index (χ1v) is 6.23. The molecule has 0 amide bonds. The van der Waals surface area contributed by atoms with Gasteiger partial charge in [-0.1, -0.05) is 12.8 Å². The summed E-state index contributed by atoms with van der Waals surface area (Å²) in [6, 6.07) is 0. The molecule has 10 nitrogen and oxygen atoms in total. The molecule has 0 aromatic heterocycles. The van der Waals surface area contributed by atoms with Crippen molar-refractivity contribution in [3.05, 3.63) is 0 Å². The van der Waals surface area contributed by atoms with Crippen LogP contribution in [0.2, 0.25) is 0 Å². The van der Waals surface area contributed by atoms with E-state index in [4.69, 9.17) is 0 Å². The van der Waals surface area contributed by atoms with Gasteiger partial charge in [-0.2, -0.15) is 0 Å². The molecule has 0 aliphatic heterocycles.